The van der Waals surface area contributed by atoms with Crippen molar-refractivity contribution in [1.82, 2.24) is 5.32 Å². The number of nitro groups is 1. The molecule has 0 unspecified atom stereocenters. The molecule has 0 bridgehead atoms. The van der Waals surface area contributed by atoms with E-state index >= 15 is 0 Å². The fourth-order valence-corrected chi connectivity index (χ4v) is 3.49. The summed E-state index contributed by atoms with van der Waals surface area (Å²) in [5, 5.41) is 13.4. The molecule has 0 radical (unpaired) electrons. The van der Waals surface area contributed by atoms with Crippen molar-refractivity contribution in [2.75, 3.05) is 4.90 Å². The zero-order valence-corrected chi connectivity index (χ0v) is 18.2. The number of nitro benzene ring substituents is 1. The van der Waals surface area contributed by atoms with Crippen LogP contribution in [0.5, 0.6) is 0 Å². The number of hydrogen-bond donors (Lipinski definition) is 1. The average molecular weight is 517 g/mol. The molecule has 4 amide bonds. The first-order valence-electron chi connectivity index (χ1n) is 8.96. The summed E-state index contributed by atoms with van der Waals surface area (Å²) in [6, 6.07) is 12.4. The lowest BCUT2D eigenvalue weighted by Gasteiger charge is -2.26. The van der Waals surface area contributed by atoms with Crippen molar-refractivity contribution in [3.05, 3.63) is 85.5 Å². The van der Waals surface area contributed by atoms with Crippen LogP contribution in [0, 0.1) is 10.1 Å². The third kappa shape index (κ3) is 4.05. The molecule has 11 heteroatoms. The number of anilines is 1. The zero-order chi connectivity index (χ0) is 23.0. The minimum atomic E-state index is -0.875. The summed E-state index contributed by atoms with van der Waals surface area (Å²) in [6.07, 6.45) is 1.19. The third-order valence-electron chi connectivity index (χ3n) is 4.53. The predicted molar refractivity (Wildman–Crippen MR) is 119 cm³/mol. The molecule has 4 rings (SSSR count). The molecule has 0 saturated carbocycles. The molecule has 0 aliphatic carbocycles. The first kappa shape index (κ1) is 21.5. The van der Waals surface area contributed by atoms with Gasteiger partial charge in [0.25, 0.3) is 17.5 Å². The van der Waals surface area contributed by atoms with Crippen LogP contribution in [0.4, 0.5) is 16.2 Å². The number of urea groups is 1. The Labute approximate surface area is 193 Å². The van der Waals surface area contributed by atoms with Gasteiger partial charge in [0, 0.05) is 22.2 Å². The smallest absolute Gasteiger partial charge is 0.335 e. The molecule has 0 spiro atoms. The van der Waals surface area contributed by atoms with E-state index in [1.807, 2.05) is 0 Å². The maximum Gasteiger partial charge on any atom is 0.335 e. The van der Waals surface area contributed by atoms with Gasteiger partial charge < -0.3 is 4.42 Å². The molecule has 2 aromatic carbocycles. The number of amides is 4. The topological polar surface area (TPSA) is 123 Å². The van der Waals surface area contributed by atoms with E-state index in [2.05, 4.69) is 21.2 Å². The van der Waals surface area contributed by atoms with Gasteiger partial charge in [0.15, 0.2) is 0 Å². The van der Waals surface area contributed by atoms with Crippen LogP contribution in [-0.2, 0) is 9.59 Å². The van der Waals surface area contributed by atoms with Gasteiger partial charge in [0.1, 0.15) is 17.1 Å². The van der Waals surface area contributed by atoms with Crippen LogP contribution in [0.1, 0.15) is 5.76 Å². The molecule has 1 aliphatic rings. The van der Waals surface area contributed by atoms with Gasteiger partial charge in [-0.3, -0.25) is 25.0 Å². The van der Waals surface area contributed by atoms with E-state index < -0.39 is 22.8 Å². The number of hydrogen-bond acceptors (Lipinski definition) is 6. The van der Waals surface area contributed by atoms with E-state index in [1.165, 1.54) is 36.4 Å². The van der Waals surface area contributed by atoms with Crippen LogP contribution in [0.15, 0.2) is 69.1 Å². The number of nitrogens with one attached hydrogen (secondary N) is 1. The van der Waals surface area contributed by atoms with Gasteiger partial charge in [-0.15, -0.1) is 0 Å². The number of carbonyl (C=O) groups is 3. The Morgan fingerprint density at radius 1 is 1.06 bits per heavy atom. The molecule has 1 aliphatic heterocycles. The molecule has 0 atom stereocenters. The lowest BCUT2D eigenvalue weighted by molar-refractivity contribution is -0.384. The molecule has 1 fully saturated rings. The highest BCUT2D eigenvalue weighted by Crippen LogP contribution is 2.33. The van der Waals surface area contributed by atoms with E-state index in [0.717, 1.165) is 9.37 Å². The highest BCUT2D eigenvalue weighted by atomic mass is 79.9. The number of furan rings is 1. The van der Waals surface area contributed by atoms with Crippen molar-refractivity contribution < 1.29 is 23.7 Å². The van der Waals surface area contributed by atoms with Gasteiger partial charge in [-0.25, -0.2) is 9.69 Å². The summed E-state index contributed by atoms with van der Waals surface area (Å²) in [6.45, 7) is 0. The Kier molecular flexibility index (Phi) is 5.64. The second kappa shape index (κ2) is 8.40. The Balaban J connectivity index is 1.69. The molecule has 1 N–H and O–H groups in total. The summed E-state index contributed by atoms with van der Waals surface area (Å²) >= 11 is 9.41. The Morgan fingerprint density at radius 3 is 2.47 bits per heavy atom. The summed E-state index contributed by atoms with van der Waals surface area (Å²) in [7, 11) is 0. The second-order valence-corrected chi connectivity index (χ2v) is 7.88. The molecule has 1 saturated heterocycles. The zero-order valence-electron chi connectivity index (χ0n) is 15.9. The van der Waals surface area contributed by atoms with Crippen molar-refractivity contribution in [2.24, 2.45) is 0 Å². The fraction of sp³-hybridized carbons (Fsp3) is 0. The van der Waals surface area contributed by atoms with Crippen molar-refractivity contribution in [3.63, 3.8) is 0 Å². The van der Waals surface area contributed by atoms with Gasteiger partial charge in [-0.2, -0.15) is 0 Å². The molecular weight excluding hydrogens is 506 g/mol. The summed E-state index contributed by atoms with van der Waals surface area (Å²) in [4.78, 5) is 48.8. The van der Waals surface area contributed by atoms with Crippen molar-refractivity contribution >= 4 is 62.8 Å². The van der Waals surface area contributed by atoms with Gasteiger partial charge in [-0.1, -0.05) is 27.5 Å². The molecule has 3 aromatic rings. The average Bonchev–Trinajstić information content (AvgIpc) is 3.21. The number of barbiturate groups is 1. The summed E-state index contributed by atoms with van der Waals surface area (Å²) in [5.74, 6) is -1.38. The number of benzene rings is 2. The van der Waals surface area contributed by atoms with Crippen LogP contribution in [0.25, 0.3) is 17.4 Å². The number of non-ortho nitro benzene ring substituents is 1. The fourth-order valence-electron chi connectivity index (χ4n) is 3.02. The van der Waals surface area contributed by atoms with Crippen LogP contribution in [0.2, 0.25) is 5.02 Å². The quantitative estimate of drug-likeness (QED) is 0.227. The lowest BCUT2D eigenvalue weighted by atomic mass is 10.1. The number of rotatable bonds is 4. The van der Waals surface area contributed by atoms with Gasteiger partial charge in [0.2, 0.25) is 0 Å². The van der Waals surface area contributed by atoms with E-state index in [0.29, 0.717) is 0 Å². The minimum Gasteiger partial charge on any atom is -0.457 e. The normalized spacial score (nSPS) is 15.2. The van der Waals surface area contributed by atoms with E-state index in [1.54, 1.807) is 24.3 Å². The minimum absolute atomic E-state index is 0.117. The van der Waals surface area contributed by atoms with E-state index in [-0.39, 0.29) is 39.1 Å². The van der Waals surface area contributed by atoms with Crippen molar-refractivity contribution in [1.29, 1.82) is 0 Å². The molecule has 160 valence electrons. The number of nitrogens with zero attached hydrogens (tertiary/aromatic N) is 2. The second-order valence-electron chi connectivity index (χ2n) is 6.56. The molecular formula is C21H11BrClN3O6. The first-order valence-corrected chi connectivity index (χ1v) is 10.1. The van der Waals surface area contributed by atoms with Gasteiger partial charge >= 0.3 is 6.03 Å². The molecule has 32 heavy (non-hydrogen) atoms. The first-order chi connectivity index (χ1) is 15.2. The van der Waals surface area contributed by atoms with Crippen LogP contribution in [0.3, 0.4) is 0 Å². The molecule has 9 nitrogen and oxygen atoms in total. The van der Waals surface area contributed by atoms with Gasteiger partial charge in [-0.05, 0) is 48.5 Å². The highest BCUT2D eigenvalue weighted by Gasteiger charge is 2.37. The predicted octanol–water partition coefficient (Wildman–Crippen LogP) is 4.94. The maximum absolute atomic E-state index is 12.9. The largest absolute Gasteiger partial charge is 0.457 e. The summed E-state index contributed by atoms with van der Waals surface area (Å²) in [5.41, 5.74) is 0.0546. The van der Waals surface area contributed by atoms with Crippen LogP contribution in [-0.4, -0.2) is 22.8 Å². The number of imide groups is 2. The van der Waals surface area contributed by atoms with Crippen LogP contribution >= 0.6 is 27.5 Å². The highest BCUT2D eigenvalue weighted by molar-refractivity contribution is 9.10. The number of carbonyl (C=O) groups excluding carboxylic acids is 3. The molecule has 2 heterocycles. The third-order valence-corrected chi connectivity index (χ3v) is 5.38. The molecule has 1 aromatic heterocycles. The maximum atomic E-state index is 12.9. The number of halogens is 2. The SMILES string of the molecule is O=C1NC(=O)N(c2ccc(Br)cc2)C(=O)/C1=C/c1ccc(-c2cc([N+](=O)[O-])ccc2Cl)o1. The summed E-state index contributed by atoms with van der Waals surface area (Å²) < 4.78 is 6.39. The van der Waals surface area contributed by atoms with Crippen LogP contribution < -0.4 is 10.2 Å². The lowest BCUT2D eigenvalue weighted by Crippen LogP contribution is -2.54. The van der Waals surface area contributed by atoms with E-state index in [9.17, 15) is 24.5 Å². The Hall–Kier alpha value is -3.76. The monoisotopic (exact) mass is 515 g/mol. The van der Waals surface area contributed by atoms with E-state index in [4.69, 9.17) is 16.0 Å². The van der Waals surface area contributed by atoms with Crippen molar-refractivity contribution in [3.8, 4) is 11.3 Å². The van der Waals surface area contributed by atoms with Gasteiger partial charge in [0.05, 0.1) is 15.6 Å². The Bertz CT molecular complexity index is 1320. The standard InChI is InChI=1S/C21H11BrClN3O6/c22-11-1-3-12(4-2-11)25-20(28)16(19(27)24-21(25)29)10-14-6-8-18(32-14)15-9-13(26(30)31)5-7-17(15)23/h1-10H,(H,24,27,29)/b16-10+. The van der Waals surface area contributed by atoms with Crippen molar-refractivity contribution in [2.45, 2.75) is 0 Å². The Morgan fingerprint density at radius 2 is 1.78 bits per heavy atom.